The topological polar surface area (TPSA) is 44.0 Å². The highest BCUT2D eigenvalue weighted by molar-refractivity contribution is 5.41. The van der Waals surface area contributed by atoms with Crippen molar-refractivity contribution in [1.29, 1.82) is 5.26 Å². The third-order valence-electron chi connectivity index (χ3n) is 3.44. The van der Waals surface area contributed by atoms with Gasteiger partial charge in [0.2, 0.25) is 0 Å². The molecule has 1 fully saturated rings. The lowest BCUT2D eigenvalue weighted by Gasteiger charge is -2.21. The summed E-state index contributed by atoms with van der Waals surface area (Å²) >= 11 is 0. The summed E-state index contributed by atoms with van der Waals surface area (Å²) in [5, 5.41) is 18.6. The van der Waals surface area contributed by atoms with Gasteiger partial charge in [-0.2, -0.15) is 5.26 Å². The number of hydrogen-bond acceptors (Lipinski definition) is 2. The van der Waals surface area contributed by atoms with Crippen LogP contribution < -0.4 is 0 Å². The van der Waals surface area contributed by atoms with Crippen LogP contribution in [0.5, 0.6) is 5.75 Å². The average molecular weight is 215 g/mol. The Morgan fingerprint density at radius 2 is 2.00 bits per heavy atom. The first kappa shape index (κ1) is 11.0. The van der Waals surface area contributed by atoms with Gasteiger partial charge in [-0.1, -0.05) is 32.1 Å². The van der Waals surface area contributed by atoms with E-state index in [0.717, 1.165) is 12.0 Å². The van der Waals surface area contributed by atoms with Gasteiger partial charge < -0.3 is 5.11 Å². The Morgan fingerprint density at radius 3 is 2.69 bits per heavy atom. The minimum Gasteiger partial charge on any atom is -0.508 e. The highest BCUT2D eigenvalue weighted by atomic mass is 16.3. The molecule has 1 aliphatic rings. The number of phenolic OH excluding ortho intramolecular Hbond substituents is 1. The SMILES string of the molecule is N#Cc1ccc(O)c(CC2CCCCC2)c1. The van der Waals surface area contributed by atoms with Crippen molar-refractivity contribution in [3.05, 3.63) is 29.3 Å². The van der Waals surface area contributed by atoms with E-state index in [9.17, 15) is 5.11 Å². The maximum Gasteiger partial charge on any atom is 0.118 e. The monoisotopic (exact) mass is 215 g/mol. The normalized spacial score (nSPS) is 16.9. The van der Waals surface area contributed by atoms with E-state index in [1.807, 2.05) is 6.07 Å². The van der Waals surface area contributed by atoms with E-state index < -0.39 is 0 Å². The zero-order chi connectivity index (χ0) is 11.4. The van der Waals surface area contributed by atoms with Gasteiger partial charge in [0.1, 0.15) is 5.75 Å². The number of aromatic hydroxyl groups is 1. The Kier molecular flexibility index (Phi) is 3.46. The molecule has 0 radical (unpaired) electrons. The molecule has 0 atom stereocenters. The molecule has 0 bridgehead atoms. The maximum atomic E-state index is 9.75. The number of nitriles is 1. The molecule has 1 aromatic carbocycles. The van der Waals surface area contributed by atoms with Gasteiger partial charge >= 0.3 is 0 Å². The molecule has 0 heterocycles. The number of rotatable bonds is 2. The van der Waals surface area contributed by atoms with Crippen LogP contribution in [0.4, 0.5) is 0 Å². The molecule has 0 amide bonds. The summed E-state index contributed by atoms with van der Waals surface area (Å²) < 4.78 is 0. The van der Waals surface area contributed by atoms with Crippen molar-refractivity contribution in [2.24, 2.45) is 5.92 Å². The molecule has 16 heavy (non-hydrogen) atoms. The molecule has 0 aliphatic heterocycles. The van der Waals surface area contributed by atoms with Crippen LogP contribution in [0.1, 0.15) is 43.2 Å². The lowest BCUT2D eigenvalue weighted by atomic mass is 9.84. The fraction of sp³-hybridized carbons (Fsp3) is 0.500. The van der Waals surface area contributed by atoms with Crippen molar-refractivity contribution in [3.8, 4) is 11.8 Å². The van der Waals surface area contributed by atoms with E-state index in [0.29, 0.717) is 17.2 Å². The zero-order valence-corrected chi connectivity index (χ0v) is 9.45. The van der Waals surface area contributed by atoms with Crippen LogP contribution in [0.2, 0.25) is 0 Å². The third kappa shape index (κ3) is 2.55. The van der Waals surface area contributed by atoms with Crippen molar-refractivity contribution >= 4 is 0 Å². The molecule has 0 saturated heterocycles. The predicted octanol–water partition coefficient (Wildman–Crippen LogP) is 3.39. The smallest absolute Gasteiger partial charge is 0.118 e. The molecule has 0 aromatic heterocycles. The maximum absolute atomic E-state index is 9.75. The second-order valence-electron chi connectivity index (χ2n) is 4.66. The van der Waals surface area contributed by atoms with Crippen LogP contribution in [-0.4, -0.2) is 5.11 Å². The summed E-state index contributed by atoms with van der Waals surface area (Å²) in [4.78, 5) is 0. The van der Waals surface area contributed by atoms with Crippen LogP contribution >= 0.6 is 0 Å². The quantitative estimate of drug-likeness (QED) is 0.821. The standard InChI is InChI=1S/C14H17NO/c15-10-12-6-7-14(16)13(9-12)8-11-4-2-1-3-5-11/h6-7,9,11,16H,1-5,8H2. The van der Waals surface area contributed by atoms with Gasteiger partial charge in [0.05, 0.1) is 11.6 Å². The Balaban J connectivity index is 2.10. The Hall–Kier alpha value is -1.49. The lowest BCUT2D eigenvalue weighted by Crippen LogP contribution is -2.09. The summed E-state index contributed by atoms with van der Waals surface area (Å²) in [6, 6.07) is 7.25. The molecule has 1 N–H and O–H groups in total. The molecule has 1 saturated carbocycles. The molecule has 2 heteroatoms. The second-order valence-corrected chi connectivity index (χ2v) is 4.66. The van der Waals surface area contributed by atoms with Crippen LogP contribution in [0, 0.1) is 17.2 Å². The minimum absolute atomic E-state index is 0.338. The van der Waals surface area contributed by atoms with Gasteiger partial charge in [-0.15, -0.1) is 0 Å². The molecule has 0 spiro atoms. The van der Waals surface area contributed by atoms with Crippen molar-refractivity contribution in [2.45, 2.75) is 38.5 Å². The van der Waals surface area contributed by atoms with Crippen LogP contribution in [-0.2, 0) is 6.42 Å². The minimum atomic E-state index is 0.338. The van der Waals surface area contributed by atoms with E-state index in [-0.39, 0.29) is 0 Å². The molecule has 0 unspecified atom stereocenters. The molecule has 2 rings (SSSR count). The Morgan fingerprint density at radius 1 is 1.25 bits per heavy atom. The first-order valence-electron chi connectivity index (χ1n) is 6.01. The first-order valence-corrected chi connectivity index (χ1v) is 6.01. The summed E-state index contributed by atoms with van der Waals surface area (Å²) in [6.07, 6.45) is 7.40. The fourth-order valence-electron chi connectivity index (χ4n) is 2.52. The van der Waals surface area contributed by atoms with E-state index >= 15 is 0 Å². The zero-order valence-electron chi connectivity index (χ0n) is 9.45. The molecular formula is C14H17NO. The van der Waals surface area contributed by atoms with Crippen LogP contribution in [0.3, 0.4) is 0 Å². The lowest BCUT2D eigenvalue weighted by molar-refractivity contribution is 0.351. The third-order valence-corrected chi connectivity index (χ3v) is 3.44. The Labute approximate surface area is 96.5 Å². The first-order chi connectivity index (χ1) is 7.79. The van der Waals surface area contributed by atoms with Gasteiger partial charge in [-0.25, -0.2) is 0 Å². The highest BCUT2D eigenvalue weighted by Gasteiger charge is 2.15. The Bertz CT molecular complexity index is 400. The van der Waals surface area contributed by atoms with E-state index in [1.54, 1.807) is 12.1 Å². The van der Waals surface area contributed by atoms with Gasteiger partial charge in [-0.05, 0) is 36.1 Å². The number of benzene rings is 1. The fourth-order valence-corrected chi connectivity index (χ4v) is 2.52. The summed E-state index contributed by atoms with van der Waals surface area (Å²) in [6.45, 7) is 0. The van der Waals surface area contributed by atoms with E-state index in [4.69, 9.17) is 5.26 Å². The van der Waals surface area contributed by atoms with Gasteiger partial charge in [-0.3, -0.25) is 0 Å². The molecule has 2 nitrogen and oxygen atoms in total. The van der Waals surface area contributed by atoms with Gasteiger partial charge in [0.25, 0.3) is 0 Å². The van der Waals surface area contributed by atoms with E-state index in [2.05, 4.69) is 6.07 Å². The molecular weight excluding hydrogens is 198 g/mol. The van der Waals surface area contributed by atoms with Crippen molar-refractivity contribution in [3.63, 3.8) is 0 Å². The summed E-state index contributed by atoms with van der Waals surface area (Å²) in [5.41, 5.74) is 1.58. The van der Waals surface area contributed by atoms with E-state index in [1.165, 1.54) is 32.1 Å². The van der Waals surface area contributed by atoms with Crippen molar-refractivity contribution < 1.29 is 5.11 Å². The number of hydrogen-bond donors (Lipinski definition) is 1. The second kappa shape index (κ2) is 5.03. The summed E-state index contributed by atoms with van der Waals surface area (Å²) in [7, 11) is 0. The molecule has 1 aliphatic carbocycles. The van der Waals surface area contributed by atoms with Crippen LogP contribution in [0.15, 0.2) is 18.2 Å². The van der Waals surface area contributed by atoms with Crippen LogP contribution in [0.25, 0.3) is 0 Å². The van der Waals surface area contributed by atoms with Crippen molar-refractivity contribution in [2.75, 3.05) is 0 Å². The molecule has 84 valence electrons. The number of nitrogens with zero attached hydrogens (tertiary/aromatic N) is 1. The van der Waals surface area contributed by atoms with Gasteiger partial charge in [0.15, 0.2) is 0 Å². The van der Waals surface area contributed by atoms with Crippen molar-refractivity contribution in [1.82, 2.24) is 0 Å². The number of phenols is 1. The molecule has 1 aromatic rings. The van der Waals surface area contributed by atoms with Gasteiger partial charge in [0, 0.05) is 0 Å². The summed E-state index contributed by atoms with van der Waals surface area (Å²) in [5.74, 6) is 1.03. The largest absolute Gasteiger partial charge is 0.508 e. The highest BCUT2D eigenvalue weighted by Crippen LogP contribution is 2.30. The predicted molar refractivity (Wildman–Crippen MR) is 63.1 cm³/mol. The average Bonchev–Trinajstić information content (AvgIpc) is 2.33.